The third kappa shape index (κ3) is 5.45. The van der Waals surface area contributed by atoms with Crippen LogP contribution in [-0.4, -0.2) is 40.9 Å². The van der Waals surface area contributed by atoms with Crippen molar-refractivity contribution in [3.05, 3.63) is 0 Å². The lowest BCUT2D eigenvalue weighted by Gasteiger charge is -2.27. The van der Waals surface area contributed by atoms with Gasteiger partial charge in [-0.2, -0.15) is 0 Å². The third-order valence-corrected chi connectivity index (χ3v) is 5.81. The molecule has 2 rings (SSSR count). The topological polar surface area (TPSA) is 78.5 Å². The van der Waals surface area contributed by atoms with Gasteiger partial charge in [-0.15, -0.1) is 0 Å². The van der Waals surface area contributed by atoms with Gasteiger partial charge in [0.1, 0.15) is 12.1 Å². The Morgan fingerprint density at radius 2 is 1.81 bits per heavy atom. The van der Waals surface area contributed by atoms with Crippen LogP contribution in [0.1, 0.15) is 85.0 Å². The molecule has 2 aliphatic rings. The smallest absolute Gasteiger partial charge is 0.325 e. The molecule has 1 aliphatic heterocycles. The molecule has 0 aromatic heterocycles. The van der Waals surface area contributed by atoms with Crippen LogP contribution >= 0.6 is 0 Å². The summed E-state index contributed by atoms with van der Waals surface area (Å²) in [6, 6.07) is -0.275. The van der Waals surface area contributed by atoms with Crippen molar-refractivity contribution in [2.45, 2.75) is 96.6 Å². The van der Waals surface area contributed by atoms with Crippen LogP contribution in [0.15, 0.2) is 0 Å². The molecule has 0 radical (unpaired) electrons. The van der Waals surface area contributed by atoms with Crippen LogP contribution in [0.3, 0.4) is 0 Å². The fourth-order valence-corrected chi connectivity index (χ4v) is 3.96. The van der Waals surface area contributed by atoms with Crippen molar-refractivity contribution in [2.75, 3.05) is 6.54 Å². The van der Waals surface area contributed by atoms with E-state index in [0.717, 1.165) is 49.8 Å². The second kappa shape index (κ2) is 9.38. The van der Waals surface area contributed by atoms with Crippen molar-refractivity contribution in [1.82, 2.24) is 15.5 Å². The lowest BCUT2D eigenvalue weighted by Crippen LogP contribution is -2.47. The molecule has 0 aromatic carbocycles. The molecule has 1 aliphatic carbocycles. The molecule has 0 spiro atoms. The quantitative estimate of drug-likeness (QED) is 0.486. The number of unbranched alkanes of at least 4 members (excludes halogenated alkanes) is 4. The first-order valence-corrected chi connectivity index (χ1v) is 10.3. The van der Waals surface area contributed by atoms with Crippen molar-refractivity contribution < 1.29 is 14.4 Å². The minimum Gasteiger partial charge on any atom is -0.352 e. The highest BCUT2D eigenvalue weighted by Crippen LogP contribution is 2.25. The maximum absolute atomic E-state index is 12.7. The predicted octanol–water partition coefficient (Wildman–Crippen LogP) is 3.35. The van der Waals surface area contributed by atoms with Crippen LogP contribution in [0.5, 0.6) is 0 Å². The minimum absolute atomic E-state index is 0.171. The van der Waals surface area contributed by atoms with Gasteiger partial charge in [0.2, 0.25) is 5.91 Å². The van der Waals surface area contributed by atoms with Gasteiger partial charge in [-0.05, 0) is 44.9 Å². The van der Waals surface area contributed by atoms with E-state index in [-0.39, 0.29) is 24.4 Å². The normalized spacial score (nSPS) is 29.0. The van der Waals surface area contributed by atoms with Gasteiger partial charge in [0.05, 0.1) is 0 Å². The molecule has 4 amide bonds. The summed E-state index contributed by atoms with van der Waals surface area (Å²) >= 11 is 0. The van der Waals surface area contributed by atoms with Gasteiger partial charge in [0.25, 0.3) is 5.91 Å². The maximum atomic E-state index is 12.7. The van der Waals surface area contributed by atoms with E-state index in [1.807, 2.05) is 0 Å². The number of hydrogen-bond acceptors (Lipinski definition) is 3. The Morgan fingerprint density at radius 3 is 2.46 bits per heavy atom. The first kappa shape index (κ1) is 20.7. The van der Waals surface area contributed by atoms with Crippen LogP contribution in [-0.2, 0) is 9.59 Å². The molecule has 2 N–H and O–H groups in total. The summed E-state index contributed by atoms with van der Waals surface area (Å²) in [6.07, 6.45) is 10.3. The molecule has 1 atom stereocenters. The van der Waals surface area contributed by atoms with Crippen LogP contribution < -0.4 is 10.6 Å². The average Bonchev–Trinajstić information content (AvgIpc) is 2.80. The lowest BCUT2D eigenvalue weighted by atomic mass is 9.87. The molecule has 148 valence electrons. The minimum atomic E-state index is -0.871. The molecule has 1 heterocycles. The number of hydrogen-bond donors (Lipinski definition) is 2. The number of urea groups is 1. The van der Waals surface area contributed by atoms with Gasteiger partial charge in [-0.1, -0.05) is 46.0 Å². The summed E-state index contributed by atoms with van der Waals surface area (Å²) in [5.74, 6) is 0.206. The Bertz CT molecular complexity index is 514. The third-order valence-electron chi connectivity index (χ3n) is 5.81. The monoisotopic (exact) mass is 365 g/mol. The molecule has 6 heteroatoms. The zero-order valence-corrected chi connectivity index (χ0v) is 16.6. The highest BCUT2D eigenvalue weighted by Gasteiger charge is 2.47. The Balaban J connectivity index is 1.80. The molecule has 1 saturated heterocycles. The summed E-state index contributed by atoms with van der Waals surface area (Å²) in [6.45, 7) is 5.99. The average molecular weight is 366 g/mol. The first-order chi connectivity index (χ1) is 12.4. The molecule has 0 bridgehead atoms. The number of imide groups is 1. The second-order valence-electron chi connectivity index (χ2n) is 8.34. The summed E-state index contributed by atoms with van der Waals surface area (Å²) < 4.78 is 0. The molecule has 0 aromatic rings. The summed E-state index contributed by atoms with van der Waals surface area (Å²) in [5.41, 5.74) is -0.871. The summed E-state index contributed by atoms with van der Waals surface area (Å²) in [5, 5.41) is 5.78. The summed E-state index contributed by atoms with van der Waals surface area (Å²) in [4.78, 5) is 38.3. The van der Waals surface area contributed by atoms with E-state index in [1.165, 1.54) is 12.8 Å². The maximum Gasteiger partial charge on any atom is 0.325 e. The van der Waals surface area contributed by atoms with Crippen molar-refractivity contribution >= 4 is 17.8 Å². The standard InChI is InChI=1S/C20H35N3O3/c1-4-5-6-7-8-13-20(3)18(25)23(19(26)22-20)14-17(24)21-16-11-9-15(2)10-12-16/h15-16H,4-14H2,1-3H3,(H,21,24)(H,22,26)/t15?,16?,20-/m1/s1. The highest BCUT2D eigenvalue weighted by atomic mass is 16.2. The molecule has 1 saturated carbocycles. The summed E-state index contributed by atoms with van der Waals surface area (Å²) in [7, 11) is 0. The zero-order valence-electron chi connectivity index (χ0n) is 16.6. The van der Waals surface area contributed by atoms with E-state index in [0.29, 0.717) is 12.3 Å². The number of amides is 4. The van der Waals surface area contributed by atoms with Gasteiger partial charge in [0.15, 0.2) is 0 Å². The van der Waals surface area contributed by atoms with E-state index in [4.69, 9.17) is 0 Å². The van der Waals surface area contributed by atoms with E-state index in [2.05, 4.69) is 24.5 Å². The Kier molecular flexibility index (Phi) is 7.47. The highest BCUT2D eigenvalue weighted by molar-refractivity contribution is 6.08. The Hall–Kier alpha value is -1.59. The van der Waals surface area contributed by atoms with E-state index in [9.17, 15) is 14.4 Å². The van der Waals surface area contributed by atoms with E-state index in [1.54, 1.807) is 6.92 Å². The number of nitrogens with one attached hydrogen (secondary N) is 2. The SMILES string of the molecule is CCCCCCC[C@@]1(C)NC(=O)N(CC(=O)NC2CCC(C)CC2)C1=O. The molecule has 26 heavy (non-hydrogen) atoms. The number of rotatable bonds is 9. The van der Waals surface area contributed by atoms with E-state index < -0.39 is 11.6 Å². The van der Waals surface area contributed by atoms with Crippen molar-refractivity contribution in [3.8, 4) is 0 Å². The molecular formula is C20H35N3O3. The van der Waals surface area contributed by atoms with Crippen LogP contribution in [0.2, 0.25) is 0 Å². The van der Waals surface area contributed by atoms with Gasteiger partial charge in [-0.25, -0.2) is 4.79 Å². The fraction of sp³-hybridized carbons (Fsp3) is 0.850. The molecule has 2 fully saturated rings. The largest absolute Gasteiger partial charge is 0.352 e. The molecule has 6 nitrogen and oxygen atoms in total. The molecular weight excluding hydrogens is 330 g/mol. The van der Waals surface area contributed by atoms with Gasteiger partial charge < -0.3 is 10.6 Å². The van der Waals surface area contributed by atoms with E-state index >= 15 is 0 Å². The fourth-order valence-electron chi connectivity index (χ4n) is 3.96. The first-order valence-electron chi connectivity index (χ1n) is 10.3. The van der Waals surface area contributed by atoms with Crippen molar-refractivity contribution in [2.24, 2.45) is 5.92 Å². The number of nitrogens with zero attached hydrogens (tertiary/aromatic N) is 1. The van der Waals surface area contributed by atoms with Crippen LogP contribution in [0.4, 0.5) is 4.79 Å². The van der Waals surface area contributed by atoms with Gasteiger partial charge >= 0.3 is 6.03 Å². The Labute approximate surface area is 157 Å². The van der Waals surface area contributed by atoms with Crippen molar-refractivity contribution in [3.63, 3.8) is 0 Å². The Morgan fingerprint density at radius 1 is 1.15 bits per heavy atom. The second-order valence-corrected chi connectivity index (χ2v) is 8.34. The van der Waals surface area contributed by atoms with Crippen LogP contribution in [0.25, 0.3) is 0 Å². The zero-order chi connectivity index (χ0) is 19.2. The van der Waals surface area contributed by atoms with Crippen LogP contribution in [0, 0.1) is 5.92 Å². The van der Waals surface area contributed by atoms with Crippen molar-refractivity contribution in [1.29, 1.82) is 0 Å². The lowest BCUT2D eigenvalue weighted by molar-refractivity contribution is -0.135. The van der Waals surface area contributed by atoms with Gasteiger partial charge in [-0.3, -0.25) is 14.5 Å². The van der Waals surface area contributed by atoms with Gasteiger partial charge in [0, 0.05) is 6.04 Å². The predicted molar refractivity (Wildman–Crippen MR) is 102 cm³/mol. The number of carbonyl (C=O) groups is 3. The number of carbonyl (C=O) groups excluding carboxylic acids is 3. The molecule has 0 unspecified atom stereocenters.